The van der Waals surface area contributed by atoms with Crippen molar-refractivity contribution in [3.8, 4) is 0 Å². The van der Waals surface area contributed by atoms with Gasteiger partial charge in [-0.15, -0.1) is 11.3 Å². The summed E-state index contributed by atoms with van der Waals surface area (Å²) < 4.78 is 1.19. The average molecular weight is 216 g/mol. The highest BCUT2D eigenvalue weighted by atomic mass is 32.2. The quantitative estimate of drug-likeness (QED) is 0.584. The molecule has 2 nitrogen and oxygen atoms in total. The van der Waals surface area contributed by atoms with Crippen molar-refractivity contribution in [1.82, 2.24) is 10.3 Å². The molecule has 0 aliphatic carbocycles. The van der Waals surface area contributed by atoms with Crippen LogP contribution in [0.2, 0.25) is 0 Å². The van der Waals surface area contributed by atoms with Crippen LogP contribution in [-0.2, 0) is 0 Å². The molecule has 1 aromatic heterocycles. The Morgan fingerprint density at radius 2 is 2.54 bits per heavy atom. The summed E-state index contributed by atoms with van der Waals surface area (Å²) in [7, 11) is 2.01. The minimum Gasteiger partial charge on any atom is -0.317 e. The van der Waals surface area contributed by atoms with Crippen molar-refractivity contribution in [2.75, 3.05) is 12.8 Å². The Bertz CT molecular complexity index is 211. The Labute approximate surface area is 88.2 Å². The van der Waals surface area contributed by atoms with E-state index >= 15 is 0 Å². The van der Waals surface area contributed by atoms with E-state index in [1.54, 1.807) is 11.3 Å². The van der Waals surface area contributed by atoms with E-state index in [-0.39, 0.29) is 0 Å². The predicted octanol–water partition coefficient (Wildman–Crippen LogP) is 2.62. The standard InChI is InChI=1S/C9H16N2S2/c1-8(10-2)4-3-6-12-9-11-5-7-13-9/h5,7-8,10H,3-4,6H2,1-2H3. The molecule has 1 unspecified atom stereocenters. The SMILES string of the molecule is CNC(C)CCCSc1nccs1. The van der Waals surface area contributed by atoms with Gasteiger partial charge in [-0.2, -0.15) is 0 Å². The first kappa shape index (κ1) is 11.0. The van der Waals surface area contributed by atoms with Crippen molar-refractivity contribution < 1.29 is 0 Å². The lowest BCUT2D eigenvalue weighted by molar-refractivity contribution is 0.559. The van der Waals surface area contributed by atoms with Crippen molar-refractivity contribution >= 4 is 23.1 Å². The maximum atomic E-state index is 4.22. The molecule has 1 rings (SSSR count). The van der Waals surface area contributed by atoms with Crippen molar-refractivity contribution in [3.05, 3.63) is 11.6 Å². The summed E-state index contributed by atoms with van der Waals surface area (Å²) in [5.41, 5.74) is 0. The molecular formula is C9H16N2S2. The Kier molecular flexibility index (Phi) is 5.43. The summed E-state index contributed by atoms with van der Waals surface area (Å²) >= 11 is 3.58. The number of thioether (sulfide) groups is 1. The van der Waals surface area contributed by atoms with Crippen LogP contribution in [0.15, 0.2) is 15.9 Å². The molecule has 74 valence electrons. The molecule has 0 spiro atoms. The van der Waals surface area contributed by atoms with E-state index in [4.69, 9.17) is 0 Å². The van der Waals surface area contributed by atoms with E-state index in [0.29, 0.717) is 6.04 Å². The number of aromatic nitrogens is 1. The number of nitrogens with one attached hydrogen (secondary N) is 1. The van der Waals surface area contributed by atoms with E-state index in [0.717, 1.165) is 0 Å². The highest BCUT2D eigenvalue weighted by Crippen LogP contribution is 2.21. The normalized spacial score (nSPS) is 13.1. The fourth-order valence-electron chi connectivity index (χ4n) is 0.975. The van der Waals surface area contributed by atoms with E-state index in [9.17, 15) is 0 Å². The van der Waals surface area contributed by atoms with Crippen molar-refractivity contribution in [1.29, 1.82) is 0 Å². The van der Waals surface area contributed by atoms with Crippen LogP contribution >= 0.6 is 23.1 Å². The lowest BCUT2D eigenvalue weighted by Crippen LogP contribution is -2.20. The molecular weight excluding hydrogens is 200 g/mol. The highest BCUT2D eigenvalue weighted by Gasteiger charge is 1.99. The number of thiazole rings is 1. The summed E-state index contributed by atoms with van der Waals surface area (Å²) in [6.07, 6.45) is 4.37. The maximum Gasteiger partial charge on any atom is 0.149 e. The van der Waals surface area contributed by atoms with Gasteiger partial charge in [-0.3, -0.25) is 0 Å². The summed E-state index contributed by atoms with van der Waals surface area (Å²) in [6.45, 7) is 2.22. The van der Waals surface area contributed by atoms with E-state index < -0.39 is 0 Å². The van der Waals surface area contributed by atoms with E-state index in [1.165, 1.54) is 22.9 Å². The molecule has 0 aliphatic rings. The van der Waals surface area contributed by atoms with Gasteiger partial charge in [0.05, 0.1) is 0 Å². The molecule has 0 amide bonds. The van der Waals surface area contributed by atoms with Crippen LogP contribution < -0.4 is 5.32 Å². The zero-order chi connectivity index (χ0) is 9.52. The Morgan fingerprint density at radius 1 is 1.69 bits per heavy atom. The van der Waals surface area contributed by atoms with Gasteiger partial charge in [-0.1, -0.05) is 11.8 Å². The van der Waals surface area contributed by atoms with E-state index in [1.807, 2.05) is 30.4 Å². The largest absolute Gasteiger partial charge is 0.317 e. The van der Waals surface area contributed by atoms with Crippen LogP contribution in [0, 0.1) is 0 Å². The first-order chi connectivity index (χ1) is 6.33. The van der Waals surface area contributed by atoms with Gasteiger partial charge in [0.2, 0.25) is 0 Å². The molecule has 0 saturated heterocycles. The molecule has 0 aromatic carbocycles. The molecule has 0 radical (unpaired) electrons. The molecule has 13 heavy (non-hydrogen) atoms. The fraction of sp³-hybridized carbons (Fsp3) is 0.667. The van der Waals surface area contributed by atoms with E-state index in [2.05, 4.69) is 17.2 Å². The number of rotatable bonds is 6. The van der Waals surface area contributed by atoms with Crippen molar-refractivity contribution in [2.24, 2.45) is 0 Å². The average Bonchev–Trinajstić information content (AvgIpc) is 2.64. The van der Waals surface area contributed by atoms with Gasteiger partial charge in [-0.25, -0.2) is 4.98 Å². The smallest absolute Gasteiger partial charge is 0.149 e. The molecule has 1 aromatic rings. The number of hydrogen-bond donors (Lipinski definition) is 1. The lowest BCUT2D eigenvalue weighted by Gasteiger charge is -2.08. The Morgan fingerprint density at radius 3 is 3.15 bits per heavy atom. The first-order valence-electron chi connectivity index (χ1n) is 4.52. The molecule has 4 heteroatoms. The molecule has 1 heterocycles. The third kappa shape index (κ3) is 4.64. The molecule has 0 saturated carbocycles. The number of hydrogen-bond acceptors (Lipinski definition) is 4. The second-order valence-electron chi connectivity index (χ2n) is 2.98. The highest BCUT2D eigenvalue weighted by molar-refractivity contribution is 8.00. The summed E-state index contributed by atoms with van der Waals surface area (Å²) in [4.78, 5) is 4.22. The fourth-order valence-corrected chi connectivity index (χ4v) is 2.64. The Hall–Kier alpha value is -0.0600. The van der Waals surface area contributed by atoms with Crippen LogP contribution in [0.1, 0.15) is 19.8 Å². The summed E-state index contributed by atoms with van der Waals surface area (Å²) in [5, 5.41) is 5.26. The summed E-state index contributed by atoms with van der Waals surface area (Å²) in [5.74, 6) is 1.18. The van der Waals surface area contributed by atoms with Gasteiger partial charge < -0.3 is 5.32 Å². The third-order valence-electron chi connectivity index (χ3n) is 1.91. The molecule has 1 N–H and O–H groups in total. The third-order valence-corrected chi connectivity index (χ3v) is 3.96. The lowest BCUT2D eigenvalue weighted by atomic mass is 10.2. The topological polar surface area (TPSA) is 24.9 Å². The van der Waals surface area contributed by atoms with Gasteiger partial charge in [0.15, 0.2) is 0 Å². The zero-order valence-electron chi connectivity index (χ0n) is 8.12. The van der Waals surface area contributed by atoms with Gasteiger partial charge in [0.1, 0.15) is 4.34 Å². The molecule has 0 bridgehead atoms. The van der Waals surface area contributed by atoms with Crippen LogP contribution in [-0.4, -0.2) is 23.8 Å². The zero-order valence-corrected chi connectivity index (χ0v) is 9.75. The van der Waals surface area contributed by atoms with Crippen LogP contribution in [0.5, 0.6) is 0 Å². The van der Waals surface area contributed by atoms with Crippen molar-refractivity contribution in [3.63, 3.8) is 0 Å². The number of nitrogens with zero attached hydrogens (tertiary/aromatic N) is 1. The van der Waals surface area contributed by atoms with Crippen molar-refractivity contribution in [2.45, 2.75) is 30.1 Å². The summed E-state index contributed by atoms with van der Waals surface area (Å²) in [6, 6.07) is 0.636. The molecule has 0 fully saturated rings. The second-order valence-corrected chi connectivity index (χ2v) is 5.22. The predicted molar refractivity (Wildman–Crippen MR) is 60.6 cm³/mol. The Balaban J connectivity index is 2.02. The minimum absolute atomic E-state index is 0.636. The van der Waals surface area contributed by atoms with Gasteiger partial charge in [0, 0.05) is 23.4 Å². The maximum absolute atomic E-state index is 4.22. The first-order valence-corrected chi connectivity index (χ1v) is 6.39. The van der Waals surface area contributed by atoms with Crippen LogP contribution in [0.25, 0.3) is 0 Å². The monoisotopic (exact) mass is 216 g/mol. The van der Waals surface area contributed by atoms with Gasteiger partial charge in [0.25, 0.3) is 0 Å². The minimum atomic E-state index is 0.636. The van der Waals surface area contributed by atoms with Gasteiger partial charge >= 0.3 is 0 Å². The van der Waals surface area contributed by atoms with Crippen LogP contribution in [0.4, 0.5) is 0 Å². The van der Waals surface area contributed by atoms with Gasteiger partial charge in [-0.05, 0) is 26.8 Å². The van der Waals surface area contributed by atoms with Crippen LogP contribution in [0.3, 0.4) is 0 Å². The molecule has 1 atom stereocenters. The molecule has 0 aliphatic heterocycles. The second kappa shape index (κ2) is 6.40.